The molecule has 2 N–H and O–H groups in total. The van der Waals surface area contributed by atoms with Gasteiger partial charge in [0.05, 0.1) is 9.82 Å². The molecule has 0 amide bonds. The van der Waals surface area contributed by atoms with Crippen molar-refractivity contribution in [2.75, 3.05) is 32.0 Å². The first kappa shape index (κ1) is 19.6. The van der Waals surface area contributed by atoms with Crippen LogP contribution >= 0.6 is 0 Å². The van der Waals surface area contributed by atoms with E-state index in [0.29, 0.717) is 11.6 Å². The first-order valence-electron chi connectivity index (χ1n) is 8.44. The summed E-state index contributed by atoms with van der Waals surface area (Å²) in [6, 6.07) is 4.11. The van der Waals surface area contributed by atoms with E-state index < -0.39 is 14.9 Å². The van der Waals surface area contributed by atoms with Gasteiger partial charge >= 0.3 is 0 Å². The Morgan fingerprint density at radius 3 is 2.48 bits per heavy atom. The van der Waals surface area contributed by atoms with Crippen LogP contribution in [0, 0.1) is 16.0 Å². The third-order valence-electron chi connectivity index (χ3n) is 4.32. The third-order valence-corrected chi connectivity index (χ3v) is 5.73. The number of nitro benzene ring substituents is 1. The van der Waals surface area contributed by atoms with Crippen molar-refractivity contribution < 1.29 is 13.3 Å². The normalized spacial score (nSPS) is 17.0. The fraction of sp³-hybridized carbons (Fsp3) is 0.625. The van der Waals surface area contributed by atoms with E-state index in [4.69, 9.17) is 0 Å². The van der Waals surface area contributed by atoms with Crippen molar-refractivity contribution in [3.8, 4) is 0 Å². The van der Waals surface area contributed by atoms with Gasteiger partial charge in [-0.2, -0.15) is 0 Å². The maximum Gasteiger partial charge on any atom is 0.293 e. The maximum absolute atomic E-state index is 11.8. The quantitative estimate of drug-likeness (QED) is 0.562. The summed E-state index contributed by atoms with van der Waals surface area (Å²) >= 11 is 0. The molecule has 0 spiro atoms. The van der Waals surface area contributed by atoms with Gasteiger partial charge in [-0.3, -0.25) is 10.1 Å². The van der Waals surface area contributed by atoms with Crippen LogP contribution in [-0.4, -0.2) is 51.0 Å². The predicted octanol–water partition coefficient (Wildman–Crippen LogP) is 2.04. The van der Waals surface area contributed by atoms with E-state index in [-0.39, 0.29) is 16.6 Å². The smallest absolute Gasteiger partial charge is 0.293 e. The number of nitrogens with one attached hydrogen (secondary N) is 2. The Labute approximate surface area is 148 Å². The molecule has 1 heterocycles. The highest BCUT2D eigenvalue weighted by atomic mass is 32.2. The van der Waals surface area contributed by atoms with Crippen molar-refractivity contribution in [3.05, 3.63) is 28.3 Å². The molecule has 1 saturated heterocycles. The standard InChI is InChI=1S/C16H26N4O4S/c1-12(2)11-19-8-6-13(7-9-19)18-15-5-4-14(25(23,24)17-3)10-16(15)20(21)22/h4-5,10,12-13,17-18H,6-9,11H2,1-3H3. The molecule has 140 valence electrons. The predicted molar refractivity (Wildman–Crippen MR) is 97.3 cm³/mol. The number of anilines is 1. The fourth-order valence-electron chi connectivity index (χ4n) is 3.07. The van der Waals surface area contributed by atoms with E-state index in [9.17, 15) is 18.5 Å². The molecule has 0 aliphatic carbocycles. The topological polar surface area (TPSA) is 105 Å². The zero-order chi connectivity index (χ0) is 18.6. The Morgan fingerprint density at radius 2 is 1.96 bits per heavy atom. The number of benzene rings is 1. The number of nitro groups is 1. The van der Waals surface area contributed by atoms with Crippen LogP contribution in [-0.2, 0) is 10.0 Å². The van der Waals surface area contributed by atoms with Gasteiger partial charge in [0.1, 0.15) is 5.69 Å². The monoisotopic (exact) mass is 370 g/mol. The minimum absolute atomic E-state index is 0.112. The molecule has 2 rings (SSSR count). The molecule has 0 radical (unpaired) electrons. The largest absolute Gasteiger partial charge is 0.377 e. The summed E-state index contributed by atoms with van der Waals surface area (Å²) in [5, 5.41) is 14.6. The van der Waals surface area contributed by atoms with Crippen molar-refractivity contribution in [2.24, 2.45) is 5.92 Å². The third kappa shape index (κ3) is 5.13. The number of hydrogen-bond donors (Lipinski definition) is 2. The lowest BCUT2D eigenvalue weighted by atomic mass is 10.0. The summed E-state index contributed by atoms with van der Waals surface area (Å²) in [5.74, 6) is 0.618. The molecule has 0 unspecified atom stereocenters. The van der Waals surface area contributed by atoms with Crippen LogP contribution in [0.4, 0.5) is 11.4 Å². The van der Waals surface area contributed by atoms with Crippen LogP contribution in [0.25, 0.3) is 0 Å². The van der Waals surface area contributed by atoms with Crippen molar-refractivity contribution >= 4 is 21.4 Å². The summed E-state index contributed by atoms with van der Waals surface area (Å²) in [6.45, 7) is 7.35. The van der Waals surface area contributed by atoms with E-state index in [1.54, 1.807) is 0 Å². The van der Waals surface area contributed by atoms with E-state index in [0.717, 1.165) is 38.5 Å². The lowest BCUT2D eigenvalue weighted by Gasteiger charge is -2.33. The Morgan fingerprint density at radius 1 is 1.32 bits per heavy atom. The van der Waals surface area contributed by atoms with Gasteiger partial charge in [-0.15, -0.1) is 0 Å². The molecule has 1 fully saturated rings. The first-order valence-corrected chi connectivity index (χ1v) is 9.92. The number of nitrogens with zero attached hydrogens (tertiary/aromatic N) is 2. The lowest BCUT2D eigenvalue weighted by molar-refractivity contribution is -0.384. The van der Waals surface area contributed by atoms with Crippen LogP contribution in [0.1, 0.15) is 26.7 Å². The van der Waals surface area contributed by atoms with E-state index in [2.05, 4.69) is 28.8 Å². The molecule has 9 heteroatoms. The zero-order valence-corrected chi connectivity index (χ0v) is 15.7. The average Bonchev–Trinajstić information content (AvgIpc) is 2.56. The highest BCUT2D eigenvalue weighted by molar-refractivity contribution is 7.89. The fourth-order valence-corrected chi connectivity index (χ4v) is 3.82. The molecule has 8 nitrogen and oxygen atoms in total. The van der Waals surface area contributed by atoms with Gasteiger partial charge in [-0.1, -0.05) is 13.8 Å². The molecule has 1 aromatic carbocycles. The molecule has 1 aliphatic rings. The summed E-state index contributed by atoms with van der Waals surface area (Å²) < 4.78 is 25.9. The molecule has 1 aliphatic heterocycles. The second-order valence-electron chi connectivity index (χ2n) is 6.76. The minimum Gasteiger partial charge on any atom is -0.377 e. The van der Waals surface area contributed by atoms with E-state index >= 15 is 0 Å². The van der Waals surface area contributed by atoms with Gasteiger partial charge in [0, 0.05) is 31.7 Å². The number of hydrogen-bond acceptors (Lipinski definition) is 6. The summed E-state index contributed by atoms with van der Waals surface area (Å²) in [5.41, 5.74) is 0.142. The van der Waals surface area contributed by atoms with Crippen LogP contribution in [0.2, 0.25) is 0 Å². The number of piperidine rings is 1. The molecule has 25 heavy (non-hydrogen) atoms. The second kappa shape index (κ2) is 8.11. The second-order valence-corrected chi connectivity index (χ2v) is 8.64. The van der Waals surface area contributed by atoms with Crippen molar-refractivity contribution in [2.45, 2.75) is 37.6 Å². The summed E-state index contributed by atoms with van der Waals surface area (Å²) in [7, 11) is -2.44. The number of sulfonamides is 1. The van der Waals surface area contributed by atoms with Gasteiger partial charge in [0.15, 0.2) is 0 Å². The highest BCUT2D eigenvalue weighted by Crippen LogP contribution is 2.29. The summed E-state index contributed by atoms with van der Waals surface area (Å²) in [4.78, 5) is 13.1. The van der Waals surface area contributed by atoms with E-state index in [1.807, 2.05) is 0 Å². The Hall–Kier alpha value is -1.71. The van der Waals surface area contributed by atoms with Crippen molar-refractivity contribution in [3.63, 3.8) is 0 Å². The van der Waals surface area contributed by atoms with Gasteiger partial charge in [0.2, 0.25) is 10.0 Å². The molecule has 0 atom stereocenters. The van der Waals surface area contributed by atoms with Crippen molar-refractivity contribution in [1.82, 2.24) is 9.62 Å². The summed E-state index contributed by atoms with van der Waals surface area (Å²) in [6.07, 6.45) is 1.81. The Bertz CT molecular complexity index is 713. The highest BCUT2D eigenvalue weighted by Gasteiger charge is 2.24. The van der Waals surface area contributed by atoms with Gasteiger partial charge < -0.3 is 10.2 Å². The van der Waals surface area contributed by atoms with Gasteiger partial charge in [-0.25, -0.2) is 13.1 Å². The van der Waals surface area contributed by atoms with E-state index in [1.165, 1.54) is 19.2 Å². The molecule has 1 aromatic rings. The number of rotatable bonds is 7. The van der Waals surface area contributed by atoms with Crippen LogP contribution in [0.3, 0.4) is 0 Å². The minimum atomic E-state index is -3.71. The molecule has 0 bridgehead atoms. The van der Waals surface area contributed by atoms with Crippen LogP contribution in [0.15, 0.2) is 23.1 Å². The molecule has 0 saturated carbocycles. The van der Waals surface area contributed by atoms with Gasteiger partial charge in [-0.05, 0) is 37.9 Å². The van der Waals surface area contributed by atoms with Gasteiger partial charge in [0.25, 0.3) is 5.69 Å². The Kier molecular flexibility index (Phi) is 6.36. The van der Waals surface area contributed by atoms with Crippen LogP contribution < -0.4 is 10.0 Å². The molecular weight excluding hydrogens is 344 g/mol. The molecule has 0 aromatic heterocycles. The Balaban J connectivity index is 2.11. The number of likely N-dealkylation sites (tertiary alicyclic amines) is 1. The zero-order valence-electron chi connectivity index (χ0n) is 14.9. The SMILES string of the molecule is CNS(=O)(=O)c1ccc(NC2CCN(CC(C)C)CC2)c([N+](=O)[O-])c1. The average molecular weight is 370 g/mol. The molecular formula is C16H26N4O4S. The lowest BCUT2D eigenvalue weighted by Crippen LogP contribution is -2.40. The van der Waals surface area contributed by atoms with Crippen molar-refractivity contribution in [1.29, 1.82) is 0 Å². The first-order chi connectivity index (χ1) is 11.7. The maximum atomic E-state index is 11.8. The van der Waals surface area contributed by atoms with Crippen LogP contribution in [0.5, 0.6) is 0 Å².